The third-order valence-electron chi connectivity index (χ3n) is 5.35. The summed E-state index contributed by atoms with van der Waals surface area (Å²) in [6.45, 7) is 0. The number of carbonyl (C=O) groups is 2. The van der Waals surface area contributed by atoms with Crippen LogP contribution in [0.2, 0.25) is 0 Å². The summed E-state index contributed by atoms with van der Waals surface area (Å²) in [5.74, 6) is -2.79. The molecular weight excluding hydrogens is 495 g/mol. The lowest BCUT2D eigenvalue weighted by Crippen LogP contribution is -2.36. The van der Waals surface area contributed by atoms with Crippen molar-refractivity contribution in [1.82, 2.24) is 19.4 Å². The van der Waals surface area contributed by atoms with E-state index in [0.29, 0.717) is 11.3 Å². The number of aromatic nitrogens is 4. The van der Waals surface area contributed by atoms with Crippen LogP contribution < -0.4 is 10.6 Å². The minimum atomic E-state index is -5.08. The van der Waals surface area contributed by atoms with Gasteiger partial charge < -0.3 is 20.8 Å². The van der Waals surface area contributed by atoms with Crippen LogP contribution in [0.5, 0.6) is 0 Å². The van der Waals surface area contributed by atoms with Gasteiger partial charge in [0.15, 0.2) is 5.69 Å². The normalized spacial score (nSPS) is 18.0. The minimum absolute atomic E-state index is 0.0398. The lowest BCUT2D eigenvalue weighted by molar-refractivity contribution is -0.192. The second-order valence-electron chi connectivity index (χ2n) is 8.04. The van der Waals surface area contributed by atoms with Gasteiger partial charge in [0.05, 0.1) is 23.3 Å². The Morgan fingerprint density at radius 1 is 1.11 bits per heavy atom. The van der Waals surface area contributed by atoms with E-state index in [0.717, 1.165) is 25.7 Å². The van der Waals surface area contributed by atoms with Crippen LogP contribution in [-0.2, 0) is 11.8 Å². The second-order valence-corrected chi connectivity index (χ2v) is 8.04. The first kappa shape index (κ1) is 26.8. The zero-order valence-electron chi connectivity index (χ0n) is 18.8. The van der Waals surface area contributed by atoms with Crippen molar-refractivity contribution in [3.63, 3.8) is 0 Å². The van der Waals surface area contributed by atoms with Crippen molar-refractivity contribution in [3.05, 3.63) is 41.9 Å². The van der Waals surface area contributed by atoms with Crippen molar-refractivity contribution in [1.29, 1.82) is 0 Å². The number of carboxylic acid groups (broad SMARTS) is 1. The van der Waals surface area contributed by atoms with E-state index in [-0.39, 0.29) is 17.4 Å². The molecule has 3 aromatic rings. The summed E-state index contributed by atoms with van der Waals surface area (Å²) in [6, 6.07) is 6.79. The Kier molecular flexibility index (Phi) is 8.12. The summed E-state index contributed by atoms with van der Waals surface area (Å²) < 4.78 is 60.7. The third-order valence-corrected chi connectivity index (χ3v) is 5.35. The van der Waals surface area contributed by atoms with Gasteiger partial charge in [-0.2, -0.15) is 18.3 Å². The van der Waals surface area contributed by atoms with Crippen molar-refractivity contribution in [2.75, 3.05) is 10.6 Å². The number of halogens is 5. The zero-order chi connectivity index (χ0) is 26.6. The Hall–Kier alpha value is -3.75. The predicted octanol–water partition coefficient (Wildman–Crippen LogP) is 3.61. The molecule has 1 aliphatic carbocycles. The highest BCUT2D eigenvalue weighted by molar-refractivity contribution is 6.04. The van der Waals surface area contributed by atoms with Gasteiger partial charge in [0, 0.05) is 13.2 Å². The number of nitrogens with zero attached hydrogens (tertiary/aromatic N) is 4. The Morgan fingerprint density at radius 3 is 2.36 bits per heavy atom. The van der Waals surface area contributed by atoms with Gasteiger partial charge in [0.1, 0.15) is 11.5 Å². The highest BCUT2D eigenvalue weighted by Gasteiger charge is 2.38. The van der Waals surface area contributed by atoms with Crippen molar-refractivity contribution < 1.29 is 41.8 Å². The van der Waals surface area contributed by atoms with Crippen molar-refractivity contribution in [2.45, 2.75) is 50.4 Å². The third kappa shape index (κ3) is 6.47. The first-order valence-corrected chi connectivity index (χ1v) is 10.7. The molecule has 10 nitrogen and oxygen atoms in total. The zero-order valence-corrected chi connectivity index (χ0v) is 18.8. The molecule has 3 heterocycles. The summed E-state index contributed by atoms with van der Waals surface area (Å²) >= 11 is 0. The van der Waals surface area contributed by atoms with Crippen LogP contribution in [0, 0.1) is 0 Å². The summed E-state index contributed by atoms with van der Waals surface area (Å²) in [6.07, 6.45) is -3.36. The highest BCUT2D eigenvalue weighted by atomic mass is 19.4. The molecule has 1 aliphatic rings. The lowest BCUT2D eigenvalue weighted by atomic mass is 9.93. The van der Waals surface area contributed by atoms with Crippen LogP contribution in [0.1, 0.15) is 48.3 Å². The topological polar surface area (TPSA) is 134 Å². The van der Waals surface area contributed by atoms with Crippen LogP contribution >= 0.6 is 0 Å². The maximum absolute atomic E-state index is 13.1. The molecule has 196 valence electrons. The number of fused-ring (bicyclic) bond motifs is 1. The quantitative estimate of drug-likeness (QED) is 0.379. The summed E-state index contributed by atoms with van der Waals surface area (Å²) in [5, 5.41) is 31.1. The van der Waals surface area contributed by atoms with Gasteiger partial charge >= 0.3 is 12.1 Å². The molecule has 3 aromatic heterocycles. The van der Waals surface area contributed by atoms with Gasteiger partial charge in [-0.15, -0.1) is 5.10 Å². The number of amides is 1. The molecule has 1 fully saturated rings. The van der Waals surface area contributed by atoms with E-state index in [4.69, 9.17) is 9.90 Å². The molecule has 0 aromatic carbocycles. The first-order valence-electron chi connectivity index (χ1n) is 10.7. The average Bonchev–Trinajstić information content (AvgIpc) is 3.38. The van der Waals surface area contributed by atoms with Crippen molar-refractivity contribution in [3.8, 4) is 0 Å². The van der Waals surface area contributed by atoms with Crippen LogP contribution in [0.3, 0.4) is 0 Å². The van der Waals surface area contributed by atoms with E-state index in [9.17, 15) is 31.9 Å². The Balaban J connectivity index is 0.000000454. The van der Waals surface area contributed by atoms with E-state index in [1.807, 2.05) is 0 Å². The molecule has 0 aliphatic heterocycles. The van der Waals surface area contributed by atoms with E-state index in [1.54, 1.807) is 24.3 Å². The Bertz CT molecular complexity index is 1230. The monoisotopic (exact) mass is 518 g/mol. The van der Waals surface area contributed by atoms with Crippen LogP contribution in [0.25, 0.3) is 5.52 Å². The number of rotatable bonds is 5. The van der Waals surface area contributed by atoms with E-state index in [2.05, 4.69) is 20.8 Å². The fraction of sp³-hybridized carbons (Fsp3) is 0.429. The number of aliphatic hydroxyl groups is 1. The summed E-state index contributed by atoms with van der Waals surface area (Å²) in [7, 11) is 1.51. The molecule has 0 spiro atoms. The van der Waals surface area contributed by atoms with Gasteiger partial charge in [0.25, 0.3) is 12.3 Å². The Labute approximate surface area is 200 Å². The number of carbonyl (C=O) groups excluding carboxylic acids is 1. The molecule has 1 amide bonds. The maximum atomic E-state index is 13.1. The predicted molar refractivity (Wildman–Crippen MR) is 117 cm³/mol. The van der Waals surface area contributed by atoms with E-state index < -0.39 is 36.3 Å². The largest absolute Gasteiger partial charge is 0.490 e. The van der Waals surface area contributed by atoms with Crippen LogP contribution in [-0.4, -0.2) is 59.8 Å². The fourth-order valence-electron chi connectivity index (χ4n) is 3.66. The molecule has 0 saturated heterocycles. The average molecular weight is 518 g/mol. The number of aliphatic hydroxyl groups excluding tert-OH is 1. The fourth-order valence-corrected chi connectivity index (χ4v) is 3.66. The molecule has 15 heteroatoms. The maximum Gasteiger partial charge on any atom is 0.490 e. The summed E-state index contributed by atoms with van der Waals surface area (Å²) in [4.78, 5) is 21.6. The van der Waals surface area contributed by atoms with Gasteiger partial charge in [-0.1, -0.05) is 12.8 Å². The van der Waals surface area contributed by atoms with Crippen LogP contribution in [0.15, 0.2) is 30.5 Å². The number of aryl methyl sites for hydroxylation is 1. The molecule has 0 bridgehead atoms. The van der Waals surface area contributed by atoms with Gasteiger partial charge in [0.2, 0.25) is 0 Å². The Morgan fingerprint density at radius 2 is 1.75 bits per heavy atom. The smallest absolute Gasteiger partial charge is 0.475 e. The number of carboxylic acids is 1. The molecule has 2 atom stereocenters. The summed E-state index contributed by atoms with van der Waals surface area (Å²) in [5.41, 5.74) is 0.368. The molecular formula is C21H23F5N6O4. The van der Waals surface area contributed by atoms with Gasteiger partial charge in [-0.05, 0) is 37.1 Å². The molecule has 4 rings (SSSR count). The number of alkyl halides is 5. The van der Waals surface area contributed by atoms with E-state index in [1.165, 1.54) is 22.4 Å². The number of hydrogen-bond acceptors (Lipinski definition) is 6. The second kappa shape index (κ2) is 10.9. The van der Waals surface area contributed by atoms with Crippen molar-refractivity contribution >= 4 is 28.9 Å². The first-order chi connectivity index (χ1) is 16.9. The molecule has 0 unspecified atom stereocenters. The van der Waals surface area contributed by atoms with Crippen molar-refractivity contribution in [2.24, 2.45) is 7.05 Å². The number of anilines is 2. The van der Waals surface area contributed by atoms with Gasteiger partial charge in [-0.3, -0.25) is 9.48 Å². The molecule has 1 saturated carbocycles. The number of nitrogens with one attached hydrogen (secondary N) is 2. The molecule has 36 heavy (non-hydrogen) atoms. The standard InChI is InChI=1S/C19H22F2N6O2.C2HF3O2/c1-26-10-13(17(25-26)18(20)21)23-19(29)14-8-6-11-7-9-16(24-27(11)14)22-12-4-2-3-5-15(12)28;3-2(4,5)1(6)7/h6-10,12,15,18,28H,2-5H2,1H3,(H,22,24)(H,23,29);(H,6,7)/t12-,15+;/m1./s1. The van der Waals surface area contributed by atoms with Crippen LogP contribution in [0.4, 0.5) is 33.5 Å². The molecule has 0 radical (unpaired) electrons. The highest BCUT2D eigenvalue weighted by Crippen LogP contribution is 2.26. The lowest BCUT2D eigenvalue weighted by Gasteiger charge is -2.28. The van der Waals surface area contributed by atoms with E-state index >= 15 is 0 Å². The number of aliphatic carboxylic acids is 1. The van der Waals surface area contributed by atoms with Gasteiger partial charge in [-0.25, -0.2) is 18.1 Å². The SMILES string of the molecule is Cn1cc(NC(=O)c2ccc3ccc(N[C@@H]4CCCC[C@@H]4O)nn23)c(C(F)F)n1.O=C(O)C(F)(F)F. The molecule has 4 N–H and O–H groups in total. The number of hydrogen-bond donors (Lipinski definition) is 4. The minimum Gasteiger partial charge on any atom is -0.475 e.